The van der Waals surface area contributed by atoms with Crippen LogP contribution in [0.25, 0.3) is 0 Å². The van der Waals surface area contributed by atoms with E-state index in [1.165, 1.54) is 32.1 Å². The van der Waals surface area contributed by atoms with Crippen molar-refractivity contribution >= 4 is 0 Å². The average Bonchev–Trinajstić information content (AvgIpc) is 2.72. The third-order valence-corrected chi connectivity index (χ3v) is 5.75. The molecule has 0 amide bonds. The predicted octanol–water partition coefficient (Wildman–Crippen LogP) is 4.16. The Morgan fingerprint density at radius 1 is 1.32 bits per heavy atom. The lowest BCUT2D eigenvalue weighted by atomic mass is 9.66. The van der Waals surface area contributed by atoms with Gasteiger partial charge in [-0.1, -0.05) is 25.8 Å². The van der Waals surface area contributed by atoms with Gasteiger partial charge in [-0.05, 0) is 56.8 Å². The summed E-state index contributed by atoms with van der Waals surface area (Å²) in [6.45, 7) is 9.54. The Hall–Kier alpha value is -0.380. The van der Waals surface area contributed by atoms with E-state index in [0.29, 0.717) is 24.5 Å². The minimum Gasteiger partial charge on any atom is -0.378 e. The third-order valence-electron chi connectivity index (χ3n) is 5.75. The Labute approximate surface area is 136 Å². The van der Waals surface area contributed by atoms with Gasteiger partial charge in [0.25, 0.3) is 0 Å². The standard InChI is InChI=1S/C19H34O3/c1-4-5-6-12-21-19(20)15(3)17-9-7-8-16-11-10-14(2)22-13-18(16)17/h4,14-20H,1,5-13H2,2-3H3. The highest BCUT2D eigenvalue weighted by atomic mass is 16.6. The van der Waals surface area contributed by atoms with Gasteiger partial charge in [0.05, 0.1) is 19.3 Å². The first-order chi connectivity index (χ1) is 10.6. The Bertz CT molecular complexity index is 331. The van der Waals surface area contributed by atoms with Crippen molar-refractivity contribution < 1.29 is 14.6 Å². The molecule has 3 nitrogen and oxygen atoms in total. The van der Waals surface area contributed by atoms with Crippen molar-refractivity contribution in [2.75, 3.05) is 13.2 Å². The minimum atomic E-state index is -0.644. The molecule has 0 spiro atoms. The number of aliphatic hydroxyl groups is 1. The van der Waals surface area contributed by atoms with Gasteiger partial charge in [-0.3, -0.25) is 0 Å². The minimum absolute atomic E-state index is 0.188. The van der Waals surface area contributed by atoms with E-state index < -0.39 is 6.29 Å². The van der Waals surface area contributed by atoms with Gasteiger partial charge in [-0.25, -0.2) is 0 Å². The molecule has 1 saturated heterocycles. The highest BCUT2D eigenvalue weighted by Crippen LogP contribution is 2.44. The highest BCUT2D eigenvalue weighted by Gasteiger charge is 2.40. The Balaban J connectivity index is 1.89. The maximum atomic E-state index is 10.4. The molecule has 1 N–H and O–H groups in total. The second kappa shape index (κ2) is 9.05. The Morgan fingerprint density at radius 2 is 2.14 bits per heavy atom. The van der Waals surface area contributed by atoms with Gasteiger partial charge in [0, 0.05) is 5.92 Å². The maximum absolute atomic E-state index is 10.4. The fourth-order valence-electron chi connectivity index (χ4n) is 4.27. The number of ether oxygens (including phenoxy) is 2. The molecule has 3 heteroatoms. The lowest BCUT2D eigenvalue weighted by Crippen LogP contribution is -2.39. The summed E-state index contributed by atoms with van der Waals surface area (Å²) >= 11 is 0. The van der Waals surface area contributed by atoms with E-state index >= 15 is 0 Å². The fraction of sp³-hybridized carbons (Fsp3) is 0.895. The zero-order chi connectivity index (χ0) is 15.9. The SMILES string of the molecule is C=CCCCOC(O)C(C)C1CCCC2CCC(C)OCC21. The smallest absolute Gasteiger partial charge is 0.157 e. The first-order valence-corrected chi connectivity index (χ1v) is 9.15. The van der Waals surface area contributed by atoms with E-state index in [4.69, 9.17) is 9.47 Å². The van der Waals surface area contributed by atoms with Gasteiger partial charge in [-0.2, -0.15) is 0 Å². The fourth-order valence-corrected chi connectivity index (χ4v) is 4.27. The summed E-state index contributed by atoms with van der Waals surface area (Å²) in [7, 11) is 0. The second-order valence-electron chi connectivity index (χ2n) is 7.29. The van der Waals surface area contributed by atoms with E-state index in [0.717, 1.165) is 25.4 Å². The summed E-state index contributed by atoms with van der Waals surface area (Å²) < 4.78 is 11.7. The summed E-state index contributed by atoms with van der Waals surface area (Å²) in [4.78, 5) is 0. The number of aliphatic hydroxyl groups excluding tert-OH is 1. The third kappa shape index (κ3) is 4.81. The molecule has 2 rings (SSSR count). The van der Waals surface area contributed by atoms with E-state index in [2.05, 4.69) is 20.4 Å². The van der Waals surface area contributed by atoms with E-state index in [1.54, 1.807) is 0 Å². The molecule has 1 heterocycles. The van der Waals surface area contributed by atoms with Crippen molar-refractivity contribution in [3.63, 3.8) is 0 Å². The monoisotopic (exact) mass is 310 g/mol. The first kappa shape index (κ1) is 18.0. The molecule has 1 saturated carbocycles. The molecule has 6 atom stereocenters. The zero-order valence-electron chi connectivity index (χ0n) is 14.4. The number of rotatable bonds is 7. The number of unbranched alkanes of at least 4 members (excludes halogenated alkanes) is 1. The van der Waals surface area contributed by atoms with E-state index in [-0.39, 0.29) is 5.92 Å². The van der Waals surface area contributed by atoms with Crippen LogP contribution in [-0.2, 0) is 9.47 Å². The molecule has 0 aromatic heterocycles. The molecule has 2 fully saturated rings. The zero-order valence-corrected chi connectivity index (χ0v) is 14.4. The summed E-state index contributed by atoms with van der Waals surface area (Å²) in [5.74, 6) is 2.09. The summed E-state index contributed by atoms with van der Waals surface area (Å²) in [6.07, 6.45) is 9.81. The van der Waals surface area contributed by atoms with Gasteiger partial charge in [0.1, 0.15) is 0 Å². The number of hydrogen-bond acceptors (Lipinski definition) is 3. The highest BCUT2D eigenvalue weighted by molar-refractivity contribution is 4.87. The molecule has 0 aromatic rings. The molecule has 22 heavy (non-hydrogen) atoms. The first-order valence-electron chi connectivity index (χ1n) is 9.15. The van der Waals surface area contributed by atoms with Crippen molar-refractivity contribution in [3.8, 4) is 0 Å². The summed E-state index contributed by atoms with van der Waals surface area (Å²) in [6, 6.07) is 0. The van der Waals surface area contributed by atoms with Crippen LogP contribution in [0.5, 0.6) is 0 Å². The van der Waals surface area contributed by atoms with Crippen molar-refractivity contribution in [2.24, 2.45) is 23.7 Å². The molecule has 0 radical (unpaired) electrons. The molecule has 1 aliphatic heterocycles. The Morgan fingerprint density at radius 3 is 2.91 bits per heavy atom. The van der Waals surface area contributed by atoms with Crippen LogP contribution in [0, 0.1) is 23.7 Å². The quantitative estimate of drug-likeness (QED) is 0.436. The predicted molar refractivity (Wildman–Crippen MR) is 89.5 cm³/mol. The van der Waals surface area contributed by atoms with Gasteiger partial charge < -0.3 is 14.6 Å². The molecular weight excluding hydrogens is 276 g/mol. The van der Waals surface area contributed by atoms with Crippen LogP contribution in [0.2, 0.25) is 0 Å². The lowest BCUT2D eigenvalue weighted by molar-refractivity contribution is -0.155. The van der Waals surface area contributed by atoms with Gasteiger partial charge in [0.15, 0.2) is 6.29 Å². The van der Waals surface area contributed by atoms with Crippen LogP contribution < -0.4 is 0 Å². The van der Waals surface area contributed by atoms with Crippen LogP contribution in [0.3, 0.4) is 0 Å². The molecule has 6 unspecified atom stereocenters. The van der Waals surface area contributed by atoms with Gasteiger partial charge >= 0.3 is 0 Å². The molecular formula is C19H34O3. The van der Waals surface area contributed by atoms with Crippen molar-refractivity contribution in [1.82, 2.24) is 0 Å². The number of hydrogen-bond donors (Lipinski definition) is 1. The number of fused-ring (bicyclic) bond motifs is 1. The molecule has 128 valence electrons. The molecule has 0 bridgehead atoms. The average molecular weight is 310 g/mol. The van der Waals surface area contributed by atoms with Crippen molar-refractivity contribution in [3.05, 3.63) is 12.7 Å². The van der Waals surface area contributed by atoms with Crippen LogP contribution in [0.15, 0.2) is 12.7 Å². The number of allylic oxidation sites excluding steroid dienone is 1. The van der Waals surface area contributed by atoms with Crippen LogP contribution in [0.4, 0.5) is 0 Å². The van der Waals surface area contributed by atoms with E-state index in [1.807, 2.05) is 6.08 Å². The molecule has 2 aliphatic rings. The second-order valence-corrected chi connectivity index (χ2v) is 7.29. The van der Waals surface area contributed by atoms with Crippen LogP contribution in [0.1, 0.15) is 58.8 Å². The molecule has 1 aliphatic carbocycles. The van der Waals surface area contributed by atoms with Crippen molar-refractivity contribution in [2.45, 2.75) is 71.2 Å². The maximum Gasteiger partial charge on any atom is 0.157 e. The summed E-state index contributed by atoms with van der Waals surface area (Å²) in [5.41, 5.74) is 0. The van der Waals surface area contributed by atoms with Crippen LogP contribution >= 0.6 is 0 Å². The topological polar surface area (TPSA) is 38.7 Å². The van der Waals surface area contributed by atoms with E-state index in [9.17, 15) is 5.11 Å². The Kier molecular flexibility index (Phi) is 7.39. The van der Waals surface area contributed by atoms with Gasteiger partial charge in [0.2, 0.25) is 0 Å². The van der Waals surface area contributed by atoms with Crippen LogP contribution in [-0.4, -0.2) is 30.7 Å². The lowest BCUT2D eigenvalue weighted by Gasteiger charge is -2.41. The summed E-state index contributed by atoms with van der Waals surface area (Å²) in [5, 5.41) is 10.4. The van der Waals surface area contributed by atoms with Gasteiger partial charge in [-0.15, -0.1) is 6.58 Å². The normalized spacial score (nSPS) is 35.2. The largest absolute Gasteiger partial charge is 0.378 e. The van der Waals surface area contributed by atoms with Crippen molar-refractivity contribution in [1.29, 1.82) is 0 Å². The molecule has 0 aromatic carbocycles.